The zero-order chi connectivity index (χ0) is 11.7. The summed E-state index contributed by atoms with van der Waals surface area (Å²) in [5, 5.41) is 6.38. The molecule has 0 saturated carbocycles. The van der Waals surface area contributed by atoms with Crippen molar-refractivity contribution in [3.63, 3.8) is 0 Å². The molecule has 2 aromatic rings. The maximum absolute atomic E-state index is 4.62. The summed E-state index contributed by atoms with van der Waals surface area (Å²) in [6.45, 7) is 8.67. The predicted octanol–water partition coefficient (Wildman–Crippen LogP) is 4.51. The monoisotopic (exact) mass is 252 g/mol. The van der Waals surface area contributed by atoms with Crippen LogP contribution in [0.15, 0.2) is 10.8 Å². The topological polar surface area (TPSA) is 25.8 Å². The molecule has 0 fully saturated rings. The van der Waals surface area contributed by atoms with E-state index in [1.807, 2.05) is 0 Å². The highest BCUT2D eigenvalue weighted by molar-refractivity contribution is 7.19. The summed E-state index contributed by atoms with van der Waals surface area (Å²) in [7, 11) is 0. The van der Waals surface area contributed by atoms with E-state index in [0.717, 1.165) is 10.0 Å². The standard InChI is InChI=1S/C12H16N2S2/c1-7(2)9-5-15-11(13-9)12-14-10(6-16-12)8(3)4/h5-8H,1-4H3. The Morgan fingerprint density at radius 3 is 1.44 bits per heavy atom. The van der Waals surface area contributed by atoms with Gasteiger partial charge < -0.3 is 0 Å². The smallest absolute Gasteiger partial charge is 0.152 e. The van der Waals surface area contributed by atoms with Gasteiger partial charge in [-0.05, 0) is 11.8 Å². The fourth-order valence-electron chi connectivity index (χ4n) is 1.30. The van der Waals surface area contributed by atoms with E-state index >= 15 is 0 Å². The first-order chi connectivity index (χ1) is 7.58. The highest BCUT2D eigenvalue weighted by atomic mass is 32.1. The van der Waals surface area contributed by atoms with E-state index in [1.54, 1.807) is 22.7 Å². The normalized spacial score (nSPS) is 11.6. The second kappa shape index (κ2) is 4.63. The van der Waals surface area contributed by atoms with Crippen LogP contribution in [0.1, 0.15) is 50.9 Å². The van der Waals surface area contributed by atoms with Gasteiger partial charge in [-0.3, -0.25) is 0 Å². The molecule has 2 rings (SSSR count). The molecule has 0 aliphatic rings. The van der Waals surface area contributed by atoms with E-state index in [9.17, 15) is 0 Å². The van der Waals surface area contributed by atoms with Crippen LogP contribution in [0.3, 0.4) is 0 Å². The van der Waals surface area contributed by atoms with E-state index in [0.29, 0.717) is 11.8 Å². The molecular formula is C12H16N2S2. The van der Waals surface area contributed by atoms with Crippen molar-refractivity contribution in [2.45, 2.75) is 39.5 Å². The zero-order valence-corrected chi connectivity index (χ0v) is 11.7. The van der Waals surface area contributed by atoms with Gasteiger partial charge in [0, 0.05) is 10.8 Å². The number of hydrogen-bond acceptors (Lipinski definition) is 4. The van der Waals surface area contributed by atoms with Crippen LogP contribution in [-0.2, 0) is 0 Å². The molecule has 0 radical (unpaired) electrons. The van der Waals surface area contributed by atoms with Crippen LogP contribution in [0.2, 0.25) is 0 Å². The average Bonchev–Trinajstić information content (AvgIpc) is 2.86. The Labute approximate surface area is 104 Å². The number of hydrogen-bond donors (Lipinski definition) is 0. The summed E-state index contributed by atoms with van der Waals surface area (Å²) in [6.07, 6.45) is 0. The summed E-state index contributed by atoms with van der Waals surface area (Å²) in [6, 6.07) is 0. The molecule has 0 saturated heterocycles. The summed E-state index contributed by atoms with van der Waals surface area (Å²) < 4.78 is 0. The van der Waals surface area contributed by atoms with Gasteiger partial charge in [0.05, 0.1) is 11.4 Å². The van der Waals surface area contributed by atoms with Crippen LogP contribution in [0, 0.1) is 0 Å². The number of thiazole rings is 2. The van der Waals surface area contributed by atoms with Crippen LogP contribution in [0.25, 0.3) is 10.0 Å². The van der Waals surface area contributed by atoms with Crippen molar-refractivity contribution >= 4 is 22.7 Å². The number of nitrogens with zero attached hydrogens (tertiary/aromatic N) is 2. The molecule has 4 heteroatoms. The van der Waals surface area contributed by atoms with E-state index < -0.39 is 0 Å². The van der Waals surface area contributed by atoms with Crippen molar-refractivity contribution in [2.24, 2.45) is 0 Å². The first kappa shape index (κ1) is 11.7. The Balaban J connectivity index is 2.28. The molecule has 0 aliphatic heterocycles. The fourth-order valence-corrected chi connectivity index (χ4v) is 3.31. The van der Waals surface area contributed by atoms with Gasteiger partial charge in [-0.1, -0.05) is 27.7 Å². The largest absolute Gasteiger partial charge is 0.238 e. The van der Waals surface area contributed by atoms with Crippen molar-refractivity contribution in [3.8, 4) is 10.0 Å². The first-order valence-corrected chi connectivity index (χ1v) is 7.25. The third-order valence-electron chi connectivity index (χ3n) is 2.41. The maximum atomic E-state index is 4.62. The molecule has 2 heterocycles. The minimum absolute atomic E-state index is 0.495. The van der Waals surface area contributed by atoms with Crippen LogP contribution < -0.4 is 0 Å². The van der Waals surface area contributed by atoms with Gasteiger partial charge in [0.25, 0.3) is 0 Å². The van der Waals surface area contributed by atoms with Gasteiger partial charge in [-0.2, -0.15) is 0 Å². The molecule has 0 amide bonds. The lowest BCUT2D eigenvalue weighted by Gasteiger charge is -1.97. The molecule has 16 heavy (non-hydrogen) atoms. The summed E-state index contributed by atoms with van der Waals surface area (Å²) in [4.78, 5) is 9.24. The lowest BCUT2D eigenvalue weighted by molar-refractivity contribution is 0.829. The Morgan fingerprint density at radius 1 is 0.812 bits per heavy atom. The summed E-state index contributed by atoms with van der Waals surface area (Å²) in [5.74, 6) is 0.990. The van der Waals surface area contributed by atoms with E-state index in [4.69, 9.17) is 0 Å². The third kappa shape index (κ3) is 2.33. The molecule has 0 atom stereocenters. The van der Waals surface area contributed by atoms with Gasteiger partial charge in [-0.25, -0.2) is 9.97 Å². The van der Waals surface area contributed by atoms with Crippen molar-refractivity contribution in [1.82, 2.24) is 9.97 Å². The van der Waals surface area contributed by atoms with Gasteiger partial charge in [0.2, 0.25) is 0 Å². The minimum atomic E-state index is 0.495. The summed E-state index contributed by atoms with van der Waals surface area (Å²) in [5.41, 5.74) is 2.34. The van der Waals surface area contributed by atoms with Crippen molar-refractivity contribution in [1.29, 1.82) is 0 Å². The van der Waals surface area contributed by atoms with Crippen LogP contribution in [0.4, 0.5) is 0 Å². The molecule has 0 N–H and O–H groups in total. The van der Waals surface area contributed by atoms with Crippen molar-refractivity contribution in [3.05, 3.63) is 22.1 Å². The van der Waals surface area contributed by atoms with E-state index in [-0.39, 0.29) is 0 Å². The summed E-state index contributed by atoms with van der Waals surface area (Å²) >= 11 is 3.39. The molecule has 2 aromatic heterocycles. The minimum Gasteiger partial charge on any atom is -0.238 e. The first-order valence-electron chi connectivity index (χ1n) is 5.49. The van der Waals surface area contributed by atoms with Crippen molar-refractivity contribution < 1.29 is 0 Å². The molecule has 0 spiro atoms. The van der Waals surface area contributed by atoms with E-state index in [1.165, 1.54) is 11.4 Å². The lowest BCUT2D eigenvalue weighted by Crippen LogP contribution is -1.88. The molecule has 0 aromatic carbocycles. The Hall–Kier alpha value is -0.740. The third-order valence-corrected chi connectivity index (χ3v) is 4.27. The van der Waals surface area contributed by atoms with Crippen LogP contribution >= 0.6 is 22.7 Å². The lowest BCUT2D eigenvalue weighted by atomic mass is 10.2. The molecule has 86 valence electrons. The van der Waals surface area contributed by atoms with Crippen LogP contribution in [0.5, 0.6) is 0 Å². The van der Waals surface area contributed by atoms with Gasteiger partial charge >= 0.3 is 0 Å². The Bertz CT molecular complexity index is 425. The average molecular weight is 252 g/mol. The second-order valence-electron chi connectivity index (χ2n) is 4.46. The highest BCUT2D eigenvalue weighted by Crippen LogP contribution is 2.30. The van der Waals surface area contributed by atoms with Crippen LogP contribution in [-0.4, -0.2) is 9.97 Å². The Morgan fingerprint density at radius 2 is 1.19 bits per heavy atom. The molecular weight excluding hydrogens is 236 g/mol. The van der Waals surface area contributed by atoms with Gasteiger partial charge in [0.1, 0.15) is 0 Å². The quantitative estimate of drug-likeness (QED) is 0.803. The van der Waals surface area contributed by atoms with Crippen molar-refractivity contribution in [2.75, 3.05) is 0 Å². The molecule has 2 nitrogen and oxygen atoms in total. The van der Waals surface area contributed by atoms with Gasteiger partial charge in [0.15, 0.2) is 10.0 Å². The maximum Gasteiger partial charge on any atom is 0.152 e. The molecule has 0 unspecified atom stereocenters. The number of aromatic nitrogens is 2. The zero-order valence-electron chi connectivity index (χ0n) is 10.0. The molecule has 0 aliphatic carbocycles. The SMILES string of the molecule is CC(C)c1csc(-c2nc(C(C)C)cs2)n1. The fraction of sp³-hybridized carbons (Fsp3) is 0.500. The number of rotatable bonds is 3. The molecule has 0 bridgehead atoms. The Kier molecular flexibility index (Phi) is 3.40. The highest BCUT2D eigenvalue weighted by Gasteiger charge is 2.12. The van der Waals surface area contributed by atoms with Gasteiger partial charge in [-0.15, -0.1) is 22.7 Å². The predicted molar refractivity (Wildman–Crippen MR) is 71.4 cm³/mol. The van der Waals surface area contributed by atoms with E-state index in [2.05, 4.69) is 48.4 Å². The second-order valence-corrected chi connectivity index (χ2v) is 6.18.